The summed E-state index contributed by atoms with van der Waals surface area (Å²) in [7, 11) is 0. The summed E-state index contributed by atoms with van der Waals surface area (Å²) < 4.78 is 0. The first-order valence-corrected chi connectivity index (χ1v) is 4.48. The van der Waals surface area contributed by atoms with Gasteiger partial charge in [0.1, 0.15) is 12.0 Å². The molecule has 74 valence electrons. The molecule has 0 amide bonds. The number of hydrogen-bond donors (Lipinski definition) is 1. The van der Waals surface area contributed by atoms with Crippen LogP contribution >= 0.6 is 0 Å². The Morgan fingerprint density at radius 1 is 1.29 bits per heavy atom. The lowest BCUT2D eigenvalue weighted by Gasteiger charge is -2.04. The molecule has 0 spiro atoms. The van der Waals surface area contributed by atoms with Gasteiger partial charge in [-0.05, 0) is 61.2 Å². The van der Waals surface area contributed by atoms with Crippen LogP contribution in [0.5, 0.6) is 5.75 Å². The van der Waals surface area contributed by atoms with E-state index in [1.54, 1.807) is 13.0 Å². The fraction of sp³-hybridized carbons (Fsp3) is 0.250. The number of aldehydes is 1. The molecule has 0 atom stereocenters. The highest BCUT2D eigenvalue weighted by Crippen LogP contribution is 2.23. The molecule has 0 aliphatic rings. The van der Waals surface area contributed by atoms with Crippen LogP contribution in [0.15, 0.2) is 17.7 Å². The second-order valence-corrected chi connectivity index (χ2v) is 3.51. The van der Waals surface area contributed by atoms with Crippen molar-refractivity contribution in [2.75, 3.05) is 0 Å². The smallest absolute Gasteiger partial charge is 0.145 e. The predicted octanol–water partition coefficient (Wildman–Crippen LogP) is 2.61. The van der Waals surface area contributed by atoms with E-state index < -0.39 is 0 Å². The van der Waals surface area contributed by atoms with Crippen molar-refractivity contribution in [1.82, 2.24) is 0 Å². The van der Waals surface area contributed by atoms with Gasteiger partial charge in [0.05, 0.1) is 0 Å². The molecule has 0 aromatic heterocycles. The molecule has 0 heterocycles. The Balaban J connectivity index is 3.19. The van der Waals surface area contributed by atoms with Crippen LogP contribution in [0.25, 0.3) is 6.08 Å². The van der Waals surface area contributed by atoms with Crippen LogP contribution < -0.4 is 0 Å². The largest absolute Gasteiger partial charge is 0.507 e. The molecule has 1 aromatic carbocycles. The van der Waals surface area contributed by atoms with Crippen LogP contribution in [0.2, 0.25) is 0 Å². The minimum atomic E-state index is 0.325. The molecule has 1 N–H and O–H groups in total. The van der Waals surface area contributed by atoms with E-state index in [2.05, 4.69) is 0 Å². The molecule has 1 aromatic rings. The SMILES string of the molecule is C/C(C=O)=C/c1cc(C)c(O)c(C)c1. The summed E-state index contributed by atoms with van der Waals surface area (Å²) in [5, 5.41) is 9.53. The van der Waals surface area contributed by atoms with Gasteiger partial charge in [-0.2, -0.15) is 0 Å². The molecule has 0 saturated carbocycles. The van der Waals surface area contributed by atoms with E-state index in [1.165, 1.54) is 0 Å². The first kappa shape index (κ1) is 10.5. The van der Waals surface area contributed by atoms with Crippen LogP contribution in [0, 0.1) is 13.8 Å². The Morgan fingerprint density at radius 3 is 2.21 bits per heavy atom. The molecule has 0 aliphatic heterocycles. The number of aromatic hydroxyl groups is 1. The zero-order chi connectivity index (χ0) is 10.7. The Bertz CT molecular complexity index is 366. The zero-order valence-corrected chi connectivity index (χ0v) is 8.66. The number of carbonyl (C=O) groups excluding carboxylic acids is 1. The fourth-order valence-electron chi connectivity index (χ4n) is 1.37. The van der Waals surface area contributed by atoms with Gasteiger partial charge in [-0.15, -0.1) is 0 Å². The first-order chi connectivity index (χ1) is 6.54. The van der Waals surface area contributed by atoms with E-state index in [1.807, 2.05) is 26.0 Å². The first-order valence-electron chi connectivity index (χ1n) is 4.48. The number of phenolic OH excluding ortho intramolecular Hbond substituents is 1. The van der Waals surface area contributed by atoms with E-state index in [-0.39, 0.29) is 0 Å². The van der Waals surface area contributed by atoms with Crippen molar-refractivity contribution in [1.29, 1.82) is 0 Å². The number of hydrogen-bond acceptors (Lipinski definition) is 2. The van der Waals surface area contributed by atoms with Gasteiger partial charge in [-0.1, -0.05) is 0 Å². The Hall–Kier alpha value is -1.57. The minimum Gasteiger partial charge on any atom is -0.507 e. The normalized spacial score (nSPS) is 11.5. The monoisotopic (exact) mass is 190 g/mol. The molecular formula is C12H14O2. The topological polar surface area (TPSA) is 37.3 Å². The van der Waals surface area contributed by atoms with Gasteiger partial charge in [-0.25, -0.2) is 0 Å². The zero-order valence-electron chi connectivity index (χ0n) is 8.66. The predicted molar refractivity (Wildman–Crippen MR) is 57.3 cm³/mol. The molecule has 14 heavy (non-hydrogen) atoms. The molecule has 0 saturated heterocycles. The molecule has 2 heteroatoms. The maximum Gasteiger partial charge on any atom is 0.145 e. The summed E-state index contributed by atoms with van der Waals surface area (Å²) in [6, 6.07) is 3.71. The molecule has 1 rings (SSSR count). The van der Waals surface area contributed by atoms with Crippen LogP contribution in [-0.4, -0.2) is 11.4 Å². The molecule has 0 radical (unpaired) electrons. The van der Waals surface area contributed by atoms with Crippen LogP contribution in [0.1, 0.15) is 23.6 Å². The molecule has 2 nitrogen and oxygen atoms in total. The second-order valence-electron chi connectivity index (χ2n) is 3.51. The summed E-state index contributed by atoms with van der Waals surface area (Å²) in [6.07, 6.45) is 2.62. The average molecular weight is 190 g/mol. The lowest BCUT2D eigenvalue weighted by molar-refractivity contribution is -0.104. The quantitative estimate of drug-likeness (QED) is 0.575. The van der Waals surface area contributed by atoms with Gasteiger partial charge in [0.2, 0.25) is 0 Å². The second kappa shape index (κ2) is 4.09. The van der Waals surface area contributed by atoms with E-state index in [0.717, 1.165) is 23.0 Å². The third kappa shape index (κ3) is 2.22. The molecule has 0 bridgehead atoms. The lowest BCUT2D eigenvalue weighted by Crippen LogP contribution is -1.84. The maximum atomic E-state index is 10.4. The number of phenols is 1. The number of carbonyl (C=O) groups is 1. The molecule has 0 fully saturated rings. The van der Waals surface area contributed by atoms with Crippen molar-refractivity contribution >= 4 is 12.4 Å². The third-order valence-electron chi connectivity index (χ3n) is 2.09. The maximum absolute atomic E-state index is 10.4. The molecule has 0 aliphatic carbocycles. The van der Waals surface area contributed by atoms with E-state index >= 15 is 0 Å². The van der Waals surface area contributed by atoms with Gasteiger partial charge in [-0.3, -0.25) is 4.79 Å². The molecule has 0 unspecified atom stereocenters. The van der Waals surface area contributed by atoms with E-state index in [9.17, 15) is 9.90 Å². The molecular weight excluding hydrogens is 176 g/mol. The van der Waals surface area contributed by atoms with Crippen molar-refractivity contribution in [2.24, 2.45) is 0 Å². The summed E-state index contributed by atoms with van der Waals surface area (Å²) in [5.74, 6) is 0.325. The standard InChI is InChI=1S/C12H14O2/c1-8(7-13)4-11-5-9(2)12(14)10(3)6-11/h4-7,14H,1-3H3/b8-4-. The van der Waals surface area contributed by atoms with Crippen LogP contribution in [0.4, 0.5) is 0 Å². The van der Waals surface area contributed by atoms with Gasteiger partial charge in [0.25, 0.3) is 0 Å². The Morgan fingerprint density at radius 2 is 1.79 bits per heavy atom. The van der Waals surface area contributed by atoms with Crippen molar-refractivity contribution in [3.63, 3.8) is 0 Å². The minimum absolute atomic E-state index is 0.325. The van der Waals surface area contributed by atoms with Crippen molar-refractivity contribution in [3.05, 3.63) is 34.4 Å². The third-order valence-corrected chi connectivity index (χ3v) is 2.09. The average Bonchev–Trinajstić information content (AvgIpc) is 2.14. The fourth-order valence-corrected chi connectivity index (χ4v) is 1.37. The van der Waals surface area contributed by atoms with Crippen LogP contribution in [0.3, 0.4) is 0 Å². The van der Waals surface area contributed by atoms with E-state index in [0.29, 0.717) is 11.3 Å². The van der Waals surface area contributed by atoms with Gasteiger partial charge >= 0.3 is 0 Å². The number of benzene rings is 1. The highest BCUT2D eigenvalue weighted by Gasteiger charge is 2.01. The highest BCUT2D eigenvalue weighted by atomic mass is 16.3. The Kier molecular flexibility index (Phi) is 3.07. The number of rotatable bonds is 2. The lowest BCUT2D eigenvalue weighted by atomic mass is 10.0. The summed E-state index contributed by atoms with van der Waals surface area (Å²) in [6.45, 7) is 5.44. The number of aryl methyl sites for hydroxylation is 2. The van der Waals surface area contributed by atoms with Crippen molar-refractivity contribution in [3.8, 4) is 5.75 Å². The van der Waals surface area contributed by atoms with Gasteiger partial charge < -0.3 is 5.11 Å². The number of allylic oxidation sites excluding steroid dienone is 1. The van der Waals surface area contributed by atoms with Gasteiger partial charge in [0.15, 0.2) is 0 Å². The van der Waals surface area contributed by atoms with Gasteiger partial charge in [0, 0.05) is 0 Å². The summed E-state index contributed by atoms with van der Waals surface area (Å²) in [5.41, 5.74) is 3.28. The van der Waals surface area contributed by atoms with Crippen molar-refractivity contribution < 1.29 is 9.90 Å². The summed E-state index contributed by atoms with van der Waals surface area (Å²) >= 11 is 0. The van der Waals surface area contributed by atoms with E-state index in [4.69, 9.17) is 0 Å². The Labute approximate surface area is 83.9 Å². The highest BCUT2D eigenvalue weighted by molar-refractivity contribution is 5.81. The summed E-state index contributed by atoms with van der Waals surface area (Å²) in [4.78, 5) is 10.4. The van der Waals surface area contributed by atoms with Crippen molar-refractivity contribution in [2.45, 2.75) is 20.8 Å². The van der Waals surface area contributed by atoms with Crippen LogP contribution in [-0.2, 0) is 4.79 Å².